The zero-order valence-electron chi connectivity index (χ0n) is 12.3. The monoisotopic (exact) mass is 280 g/mol. The molecule has 2 heterocycles. The summed E-state index contributed by atoms with van der Waals surface area (Å²) in [5.41, 5.74) is 0. The second kappa shape index (κ2) is 4.70. The van der Waals surface area contributed by atoms with E-state index in [1.807, 2.05) is 0 Å². The van der Waals surface area contributed by atoms with Crippen molar-refractivity contribution in [2.75, 3.05) is 6.61 Å². The Morgan fingerprint density at radius 1 is 0.950 bits per heavy atom. The number of epoxide rings is 2. The Hall–Kier alpha value is -0.610. The quantitative estimate of drug-likeness (QED) is 0.587. The largest absolute Gasteiger partial charge is 0.465 e. The standard InChI is InChI=1S/C16H24O4/c1-8-3-12-14(19-12)5-10(8)7-18-16(17)11-6-15-13(20-15)4-9(11)2/h8-15H,3-7H2,1-2H3/t8-,9+,10-,11-,12+,13-,14-,15+/m1/s1. The van der Waals surface area contributed by atoms with E-state index in [4.69, 9.17) is 14.2 Å². The molecule has 2 saturated heterocycles. The first kappa shape index (κ1) is 13.1. The van der Waals surface area contributed by atoms with Crippen molar-refractivity contribution < 1.29 is 19.0 Å². The zero-order chi connectivity index (χ0) is 13.9. The Labute approximate surface area is 120 Å². The summed E-state index contributed by atoms with van der Waals surface area (Å²) in [6.07, 6.45) is 5.77. The van der Waals surface area contributed by atoms with Gasteiger partial charge >= 0.3 is 5.97 Å². The van der Waals surface area contributed by atoms with E-state index in [9.17, 15) is 4.79 Å². The van der Waals surface area contributed by atoms with Crippen molar-refractivity contribution in [2.45, 2.75) is 63.9 Å². The zero-order valence-corrected chi connectivity index (χ0v) is 12.3. The van der Waals surface area contributed by atoms with Gasteiger partial charge in [0.1, 0.15) is 0 Å². The summed E-state index contributed by atoms with van der Waals surface area (Å²) >= 11 is 0. The van der Waals surface area contributed by atoms with Crippen LogP contribution in [-0.4, -0.2) is 37.0 Å². The van der Waals surface area contributed by atoms with Crippen LogP contribution in [0.1, 0.15) is 39.5 Å². The Kier molecular flexibility index (Phi) is 3.08. The van der Waals surface area contributed by atoms with Crippen molar-refractivity contribution in [3.8, 4) is 0 Å². The van der Waals surface area contributed by atoms with Gasteiger partial charge in [-0.2, -0.15) is 0 Å². The van der Waals surface area contributed by atoms with Gasteiger partial charge in [0, 0.05) is 0 Å². The molecule has 2 saturated carbocycles. The highest BCUT2D eigenvalue weighted by atomic mass is 16.6. The summed E-state index contributed by atoms with van der Waals surface area (Å²) in [7, 11) is 0. The molecule has 0 amide bonds. The summed E-state index contributed by atoms with van der Waals surface area (Å²) in [4.78, 5) is 12.3. The number of carbonyl (C=O) groups excluding carboxylic acids is 1. The molecule has 4 aliphatic rings. The van der Waals surface area contributed by atoms with Crippen LogP contribution < -0.4 is 0 Å². The lowest BCUT2D eigenvalue weighted by Crippen LogP contribution is -2.33. The third-order valence-corrected chi connectivity index (χ3v) is 5.84. The van der Waals surface area contributed by atoms with Gasteiger partial charge < -0.3 is 14.2 Å². The van der Waals surface area contributed by atoms with Gasteiger partial charge in [0.15, 0.2) is 0 Å². The molecule has 0 aromatic carbocycles. The van der Waals surface area contributed by atoms with Gasteiger partial charge in [-0.25, -0.2) is 0 Å². The predicted molar refractivity (Wildman–Crippen MR) is 72.1 cm³/mol. The van der Waals surface area contributed by atoms with E-state index in [1.165, 1.54) is 0 Å². The molecule has 4 heteroatoms. The summed E-state index contributed by atoms with van der Waals surface area (Å²) in [5.74, 6) is 1.52. The predicted octanol–water partition coefficient (Wildman–Crippen LogP) is 2.16. The molecule has 8 atom stereocenters. The van der Waals surface area contributed by atoms with Crippen molar-refractivity contribution in [1.82, 2.24) is 0 Å². The van der Waals surface area contributed by atoms with Crippen LogP contribution in [0, 0.1) is 23.7 Å². The first-order valence-corrected chi connectivity index (χ1v) is 8.09. The molecule has 4 fully saturated rings. The van der Waals surface area contributed by atoms with E-state index in [0.717, 1.165) is 25.7 Å². The number of hydrogen-bond donors (Lipinski definition) is 0. The van der Waals surface area contributed by atoms with Crippen molar-refractivity contribution in [3.05, 3.63) is 0 Å². The fourth-order valence-electron chi connectivity index (χ4n) is 4.15. The fourth-order valence-corrected chi connectivity index (χ4v) is 4.15. The molecule has 0 unspecified atom stereocenters. The maximum absolute atomic E-state index is 12.3. The number of fused-ring (bicyclic) bond motifs is 2. The number of hydrogen-bond acceptors (Lipinski definition) is 4. The van der Waals surface area contributed by atoms with Crippen molar-refractivity contribution in [3.63, 3.8) is 0 Å². The van der Waals surface area contributed by atoms with Crippen molar-refractivity contribution in [2.24, 2.45) is 23.7 Å². The molecule has 4 rings (SSSR count). The minimum absolute atomic E-state index is 0.00233. The Balaban J connectivity index is 1.29. The molecule has 0 aromatic rings. The van der Waals surface area contributed by atoms with Crippen LogP contribution in [0.25, 0.3) is 0 Å². The average molecular weight is 280 g/mol. The van der Waals surface area contributed by atoms with E-state index in [0.29, 0.717) is 48.8 Å². The van der Waals surface area contributed by atoms with Crippen LogP contribution in [0.4, 0.5) is 0 Å². The molecule has 20 heavy (non-hydrogen) atoms. The van der Waals surface area contributed by atoms with Gasteiger partial charge in [-0.15, -0.1) is 0 Å². The van der Waals surface area contributed by atoms with Crippen LogP contribution in [0.15, 0.2) is 0 Å². The van der Waals surface area contributed by atoms with Gasteiger partial charge in [-0.3, -0.25) is 4.79 Å². The maximum Gasteiger partial charge on any atom is 0.309 e. The third kappa shape index (κ3) is 2.37. The van der Waals surface area contributed by atoms with Gasteiger partial charge in [0.2, 0.25) is 0 Å². The molecule has 0 N–H and O–H groups in total. The molecule has 0 aromatic heterocycles. The van der Waals surface area contributed by atoms with Crippen LogP contribution in [-0.2, 0) is 19.0 Å². The number of ether oxygens (including phenoxy) is 3. The molecule has 4 nitrogen and oxygen atoms in total. The smallest absolute Gasteiger partial charge is 0.309 e. The topological polar surface area (TPSA) is 51.4 Å². The maximum atomic E-state index is 12.3. The molecular weight excluding hydrogens is 256 g/mol. The summed E-state index contributed by atoms with van der Waals surface area (Å²) in [6, 6.07) is 0. The van der Waals surface area contributed by atoms with Gasteiger partial charge in [-0.05, 0) is 43.4 Å². The van der Waals surface area contributed by atoms with E-state index in [-0.39, 0.29) is 11.9 Å². The van der Waals surface area contributed by atoms with Crippen molar-refractivity contribution in [1.29, 1.82) is 0 Å². The highest BCUT2D eigenvalue weighted by molar-refractivity contribution is 5.73. The van der Waals surface area contributed by atoms with E-state index >= 15 is 0 Å². The molecule has 0 spiro atoms. The highest BCUT2D eigenvalue weighted by Gasteiger charge is 2.50. The van der Waals surface area contributed by atoms with Gasteiger partial charge in [0.25, 0.3) is 0 Å². The third-order valence-electron chi connectivity index (χ3n) is 5.84. The number of esters is 1. The van der Waals surface area contributed by atoms with Crippen LogP contribution in [0.5, 0.6) is 0 Å². The van der Waals surface area contributed by atoms with Gasteiger partial charge in [0.05, 0.1) is 36.9 Å². The number of carbonyl (C=O) groups is 1. The van der Waals surface area contributed by atoms with E-state index in [1.54, 1.807) is 0 Å². The lowest BCUT2D eigenvalue weighted by atomic mass is 9.80. The molecular formula is C16H24O4. The molecule has 0 radical (unpaired) electrons. The fraction of sp³-hybridized carbons (Fsp3) is 0.938. The molecule has 0 bridgehead atoms. The second-order valence-corrected chi connectivity index (χ2v) is 7.32. The summed E-state index contributed by atoms with van der Waals surface area (Å²) in [5, 5.41) is 0. The highest BCUT2D eigenvalue weighted by Crippen LogP contribution is 2.44. The first-order valence-electron chi connectivity index (χ1n) is 8.09. The van der Waals surface area contributed by atoms with Crippen LogP contribution in [0.2, 0.25) is 0 Å². The Morgan fingerprint density at radius 3 is 2.30 bits per heavy atom. The average Bonchev–Trinajstić information content (AvgIpc) is 3.29. The van der Waals surface area contributed by atoms with Gasteiger partial charge in [-0.1, -0.05) is 13.8 Å². The minimum Gasteiger partial charge on any atom is -0.465 e. The van der Waals surface area contributed by atoms with Crippen LogP contribution >= 0.6 is 0 Å². The number of rotatable bonds is 3. The normalized spacial score (nSPS) is 52.7. The summed E-state index contributed by atoms with van der Waals surface area (Å²) < 4.78 is 16.8. The first-order chi connectivity index (χ1) is 9.61. The molecule has 2 aliphatic carbocycles. The Morgan fingerprint density at radius 2 is 1.55 bits per heavy atom. The SMILES string of the molecule is C[C@@H]1C[C@@H]2O[C@@H]2C[C@@H]1COC(=O)[C@@H]1C[C@@H]2O[C@@H]2C[C@@H]1C. The lowest BCUT2D eigenvalue weighted by molar-refractivity contribution is -0.153. The van der Waals surface area contributed by atoms with E-state index in [2.05, 4.69) is 13.8 Å². The minimum atomic E-state index is -0.00233. The van der Waals surface area contributed by atoms with E-state index < -0.39 is 0 Å². The molecule has 2 aliphatic heterocycles. The lowest BCUT2D eigenvalue weighted by Gasteiger charge is -2.28. The molecule has 112 valence electrons. The van der Waals surface area contributed by atoms with Crippen LogP contribution in [0.3, 0.4) is 0 Å². The second-order valence-electron chi connectivity index (χ2n) is 7.32. The Bertz CT molecular complexity index is 409. The summed E-state index contributed by atoms with van der Waals surface area (Å²) in [6.45, 7) is 4.97. The van der Waals surface area contributed by atoms with Crippen molar-refractivity contribution >= 4 is 5.97 Å².